The van der Waals surface area contributed by atoms with Gasteiger partial charge < -0.3 is 14.2 Å². The van der Waals surface area contributed by atoms with E-state index in [1.54, 1.807) is 0 Å². The van der Waals surface area contributed by atoms with Crippen molar-refractivity contribution in [3.05, 3.63) is 182 Å². The molecule has 0 N–H and O–H groups in total. The zero-order valence-electron chi connectivity index (χ0n) is 43.2. The molecule has 0 fully saturated rings. The molecule has 1 unspecified atom stereocenters. The molecule has 0 spiro atoms. The van der Waals surface area contributed by atoms with Crippen LogP contribution >= 0.6 is 0 Å². The Labute approximate surface area is 421 Å². The molecule has 0 amide bonds. The maximum absolute atomic E-state index is 12.8. The first kappa shape index (κ1) is 63.5. The lowest BCUT2D eigenvalue weighted by atomic mass is 10.2. The number of carbonyl (C=O) groups excluding carboxylic acids is 3. The molecule has 0 aromatic rings. The Kier molecular flexibility index (Phi) is 50.7. The molecule has 6 heteroatoms. The molecule has 0 heterocycles. The van der Waals surface area contributed by atoms with E-state index < -0.39 is 18.0 Å². The summed E-state index contributed by atoms with van der Waals surface area (Å²) in [4.78, 5) is 38.0. The molecule has 0 rings (SSSR count). The minimum atomic E-state index is -0.863. The smallest absolute Gasteiger partial charge is 0.306 e. The van der Waals surface area contributed by atoms with E-state index in [9.17, 15) is 14.4 Å². The number of allylic oxidation sites excluding steroid dienone is 30. The van der Waals surface area contributed by atoms with Gasteiger partial charge in [0.25, 0.3) is 0 Å². The summed E-state index contributed by atoms with van der Waals surface area (Å²) in [5.74, 6) is -1.15. The van der Waals surface area contributed by atoms with E-state index in [4.69, 9.17) is 14.2 Å². The number of carbonyl (C=O) groups is 3. The normalized spacial score (nSPS) is 13.6. The van der Waals surface area contributed by atoms with E-state index in [0.29, 0.717) is 19.3 Å². The van der Waals surface area contributed by atoms with Gasteiger partial charge in [-0.05, 0) is 135 Å². The van der Waals surface area contributed by atoms with Crippen LogP contribution in [-0.4, -0.2) is 37.2 Å². The van der Waals surface area contributed by atoms with Crippen molar-refractivity contribution in [2.24, 2.45) is 0 Å². The molecule has 6 nitrogen and oxygen atoms in total. The highest BCUT2D eigenvalue weighted by molar-refractivity contribution is 5.71. The maximum atomic E-state index is 12.8. The van der Waals surface area contributed by atoms with E-state index in [1.165, 1.54) is 0 Å². The van der Waals surface area contributed by atoms with Crippen LogP contribution in [0.5, 0.6) is 0 Å². The molecule has 0 bridgehead atoms. The fourth-order valence-electron chi connectivity index (χ4n) is 6.08. The monoisotopic (exact) mass is 945 g/mol. The summed E-state index contributed by atoms with van der Waals surface area (Å²) < 4.78 is 16.6. The number of esters is 3. The Morgan fingerprint density at radius 1 is 0.290 bits per heavy atom. The predicted octanol–water partition coefficient (Wildman–Crippen LogP) is 17.7. The average molecular weight is 945 g/mol. The number of rotatable bonds is 44. The molecule has 1 atom stereocenters. The summed E-state index contributed by atoms with van der Waals surface area (Å²) in [6.45, 7) is 6.10. The van der Waals surface area contributed by atoms with Crippen molar-refractivity contribution in [1.29, 1.82) is 0 Å². The molecule has 0 aromatic carbocycles. The van der Waals surface area contributed by atoms with E-state index in [1.807, 2.05) is 12.2 Å². The molecule has 69 heavy (non-hydrogen) atoms. The summed E-state index contributed by atoms with van der Waals surface area (Å²) in [5.41, 5.74) is 0. The van der Waals surface area contributed by atoms with Crippen LogP contribution in [0.25, 0.3) is 0 Å². The first-order valence-electron chi connectivity index (χ1n) is 26.3. The molecule has 0 saturated carbocycles. The van der Waals surface area contributed by atoms with Crippen LogP contribution in [0.1, 0.15) is 175 Å². The standard InChI is InChI=1S/C63H92O6/c1-4-7-10-13-16-19-22-25-27-28-29-30-31-32-33-34-36-38-41-44-47-50-53-56-62(65)68-59-60(58-67-61(64)55-52-49-46-43-40-37-24-21-18-15-12-9-6-3)69-63(66)57-54-51-48-45-42-39-35-26-23-20-17-14-11-8-5-2/h7-12,16-21,25-27,29-30,32-33,35-38,40,42,44-47,49,60H,4-6,13-15,22-24,28,31,34,39,41,43,48,50-59H2,1-3H3/b10-7-,11-8-,12-9-,19-16-,20-17-,21-18-,27-25-,30-29-,33-32-,35-26-,38-36-,40-37-,45-42-,47-44-,49-46-. The number of hydrogen-bond donors (Lipinski definition) is 0. The quantitative estimate of drug-likeness (QED) is 0.0262. The molecule has 0 aliphatic rings. The zero-order chi connectivity index (χ0) is 50.0. The van der Waals surface area contributed by atoms with Gasteiger partial charge in [0.05, 0.1) is 0 Å². The molecule has 0 aliphatic heterocycles. The topological polar surface area (TPSA) is 78.9 Å². The highest BCUT2D eigenvalue weighted by Crippen LogP contribution is 2.09. The third-order valence-electron chi connectivity index (χ3n) is 9.90. The number of ether oxygens (including phenoxy) is 3. The van der Waals surface area contributed by atoms with Crippen LogP contribution in [0, 0.1) is 0 Å². The van der Waals surface area contributed by atoms with Crippen LogP contribution in [0.4, 0.5) is 0 Å². The molecule has 0 aliphatic carbocycles. The van der Waals surface area contributed by atoms with Gasteiger partial charge in [0.1, 0.15) is 13.2 Å². The largest absolute Gasteiger partial charge is 0.462 e. The Morgan fingerprint density at radius 3 is 0.884 bits per heavy atom. The van der Waals surface area contributed by atoms with Gasteiger partial charge in [-0.1, -0.05) is 203 Å². The van der Waals surface area contributed by atoms with Crippen molar-refractivity contribution in [1.82, 2.24) is 0 Å². The summed E-state index contributed by atoms with van der Waals surface area (Å²) in [7, 11) is 0. The van der Waals surface area contributed by atoms with E-state index in [2.05, 4.69) is 191 Å². The average Bonchev–Trinajstić information content (AvgIpc) is 3.35. The van der Waals surface area contributed by atoms with Gasteiger partial charge in [-0.25, -0.2) is 0 Å². The van der Waals surface area contributed by atoms with Crippen LogP contribution in [0.15, 0.2) is 182 Å². The highest BCUT2D eigenvalue weighted by Gasteiger charge is 2.19. The van der Waals surface area contributed by atoms with Gasteiger partial charge in [0.2, 0.25) is 0 Å². The van der Waals surface area contributed by atoms with Gasteiger partial charge in [-0.3, -0.25) is 14.4 Å². The summed E-state index contributed by atoms with van der Waals surface area (Å²) in [6, 6.07) is 0. The van der Waals surface area contributed by atoms with Crippen molar-refractivity contribution in [3.8, 4) is 0 Å². The summed E-state index contributed by atoms with van der Waals surface area (Å²) in [6.07, 6.45) is 83.3. The van der Waals surface area contributed by atoms with E-state index >= 15 is 0 Å². The summed E-state index contributed by atoms with van der Waals surface area (Å²) >= 11 is 0. The molecular formula is C63H92O6. The Hall–Kier alpha value is -5.49. The molecule has 0 saturated heterocycles. The van der Waals surface area contributed by atoms with Crippen molar-refractivity contribution in [3.63, 3.8) is 0 Å². The third-order valence-corrected chi connectivity index (χ3v) is 9.90. The Bertz CT molecular complexity index is 1700. The van der Waals surface area contributed by atoms with E-state index in [0.717, 1.165) is 116 Å². The minimum absolute atomic E-state index is 0.158. The lowest BCUT2D eigenvalue weighted by Gasteiger charge is -2.18. The predicted molar refractivity (Wildman–Crippen MR) is 297 cm³/mol. The molecular weight excluding hydrogens is 853 g/mol. The van der Waals surface area contributed by atoms with Crippen LogP contribution in [-0.2, 0) is 28.6 Å². The van der Waals surface area contributed by atoms with Crippen LogP contribution < -0.4 is 0 Å². The Morgan fingerprint density at radius 2 is 0.551 bits per heavy atom. The minimum Gasteiger partial charge on any atom is -0.462 e. The van der Waals surface area contributed by atoms with E-state index in [-0.39, 0.29) is 38.4 Å². The lowest BCUT2D eigenvalue weighted by molar-refractivity contribution is -0.166. The number of hydrogen-bond acceptors (Lipinski definition) is 6. The second-order valence-corrected chi connectivity index (χ2v) is 16.3. The maximum Gasteiger partial charge on any atom is 0.306 e. The Balaban J connectivity index is 4.63. The van der Waals surface area contributed by atoms with Crippen molar-refractivity contribution in [2.75, 3.05) is 13.2 Å². The number of unbranched alkanes of at least 4 members (excludes halogenated alkanes) is 3. The zero-order valence-corrected chi connectivity index (χ0v) is 43.2. The third kappa shape index (κ3) is 53.3. The van der Waals surface area contributed by atoms with Gasteiger partial charge in [-0.15, -0.1) is 0 Å². The molecule has 0 radical (unpaired) electrons. The summed E-state index contributed by atoms with van der Waals surface area (Å²) in [5, 5.41) is 0. The fraction of sp³-hybridized carbons (Fsp3) is 0.476. The van der Waals surface area contributed by atoms with Gasteiger partial charge >= 0.3 is 17.9 Å². The fourth-order valence-corrected chi connectivity index (χ4v) is 6.08. The van der Waals surface area contributed by atoms with Crippen molar-refractivity contribution in [2.45, 2.75) is 181 Å². The lowest BCUT2D eigenvalue weighted by Crippen LogP contribution is -2.30. The second-order valence-electron chi connectivity index (χ2n) is 16.3. The van der Waals surface area contributed by atoms with Crippen LogP contribution in [0.3, 0.4) is 0 Å². The molecule has 380 valence electrons. The van der Waals surface area contributed by atoms with Crippen LogP contribution in [0.2, 0.25) is 0 Å². The first-order chi connectivity index (χ1) is 34.0. The molecule has 0 aromatic heterocycles. The highest BCUT2D eigenvalue weighted by atomic mass is 16.6. The van der Waals surface area contributed by atoms with Gasteiger partial charge in [0, 0.05) is 19.3 Å². The van der Waals surface area contributed by atoms with Crippen molar-refractivity contribution < 1.29 is 28.6 Å². The van der Waals surface area contributed by atoms with Gasteiger partial charge in [-0.2, -0.15) is 0 Å². The second kappa shape index (κ2) is 55.1. The first-order valence-corrected chi connectivity index (χ1v) is 26.3. The SMILES string of the molecule is CC/C=C\C/C=C\C/C=C\C/C=C\C/C=C\C/C=C\C/C=C\CCCC(=O)OCC(COC(=O)CC/C=C\C/C=C\C/C=C\C/C=C\CC)OC(=O)CCCC/C=C\C/C=C\C/C=C\C/C=C\CC. The van der Waals surface area contributed by atoms with Gasteiger partial charge in [0.15, 0.2) is 6.10 Å². The van der Waals surface area contributed by atoms with Crippen molar-refractivity contribution >= 4 is 17.9 Å².